The third-order valence-corrected chi connectivity index (χ3v) is 3.25. The van der Waals surface area contributed by atoms with Crippen molar-refractivity contribution in [3.63, 3.8) is 0 Å². The summed E-state index contributed by atoms with van der Waals surface area (Å²) in [5.74, 6) is 0. The second-order valence-electron chi connectivity index (χ2n) is 4.27. The Morgan fingerprint density at radius 1 is 1.31 bits per heavy atom. The van der Waals surface area contributed by atoms with Crippen LogP contribution in [0.5, 0.6) is 0 Å². The molecule has 13 heavy (non-hydrogen) atoms. The molecule has 0 fully saturated rings. The second-order valence-corrected chi connectivity index (χ2v) is 4.27. The molecule has 1 aliphatic carbocycles. The minimum atomic E-state index is -0.193. The van der Waals surface area contributed by atoms with Crippen LogP contribution in [0.25, 0.3) is 0 Å². The highest BCUT2D eigenvalue weighted by atomic mass is 16.3. The summed E-state index contributed by atoms with van der Waals surface area (Å²) in [6.45, 7) is 4.42. The van der Waals surface area contributed by atoms with E-state index in [-0.39, 0.29) is 11.5 Å². The lowest BCUT2D eigenvalue weighted by molar-refractivity contribution is 0.0308. The largest absolute Gasteiger partial charge is 0.388 e. The van der Waals surface area contributed by atoms with Gasteiger partial charge in [-0.25, -0.2) is 0 Å². The van der Waals surface area contributed by atoms with Crippen LogP contribution in [-0.2, 0) is 0 Å². The monoisotopic (exact) mass is 182 g/mol. The van der Waals surface area contributed by atoms with Gasteiger partial charge in [0.25, 0.3) is 0 Å². The molecule has 1 nitrogen and oxygen atoms in total. The quantitative estimate of drug-likeness (QED) is 0.661. The topological polar surface area (TPSA) is 20.2 Å². The smallest absolute Gasteiger partial charge is 0.0777 e. The Morgan fingerprint density at radius 3 is 2.38 bits per heavy atom. The zero-order chi connectivity index (χ0) is 9.73. The van der Waals surface area contributed by atoms with Crippen LogP contribution < -0.4 is 0 Å². The molecule has 0 saturated carbocycles. The lowest BCUT2D eigenvalue weighted by Gasteiger charge is -2.39. The molecule has 1 atom stereocenters. The molecule has 1 unspecified atom stereocenters. The van der Waals surface area contributed by atoms with E-state index in [0.717, 1.165) is 6.42 Å². The van der Waals surface area contributed by atoms with E-state index < -0.39 is 0 Å². The summed E-state index contributed by atoms with van der Waals surface area (Å²) in [5, 5.41) is 9.99. The Labute approximate surface area is 81.9 Å². The SMILES string of the molecule is CCCC1(CCC)CCC=CC1O. The number of hydrogen-bond donors (Lipinski definition) is 1. The van der Waals surface area contributed by atoms with Gasteiger partial charge in [0.2, 0.25) is 0 Å². The average molecular weight is 182 g/mol. The zero-order valence-electron chi connectivity index (χ0n) is 8.92. The van der Waals surface area contributed by atoms with E-state index >= 15 is 0 Å². The zero-order valence-corrected chi connectivity index (χ0v) is 8.92. The molecule has 0 bridgehead atoms. The van der Waals surface area contributed by atoms with Crippen LogP contribution in [0.4, 0.5) is 0 Å². The van der Waals surface area contributed by atoms with Crippen molar-refractivity contribution in [1.29, 1.82) is 0 Å². The number of allylic oxidation sites excluding steroid dienone is 1. The van der Waals surface area contributed by atoms with Gasteiger partial charge in [-0.15, -0.1) is 0 Å². The summed E-state index contributed by atoms with van der Waals surface area (Å²) >= 11 is 0. The molecule has 0 aromatic heterocycles. The Hall–Kier alpha value is -0.300. The van der Waals surface area contributed by atoms with E-state index in [2.05, 4.69) is 19.9 Å². The molecule has 0 spiro atoms. The molecule has 0 amide bonds. The molecule has 1 N–H and O–H groups in total. The first-order valence-electron chi connectivity index (χ1n) is 5.60. The predicted molar refractivity (Wildman–Crippen MR) is 56.6 cm³/mol. The van der Waals surface area contributed by atoms with Crippen LogP contribution in [-0.4, -0.2) is 11.2 Å². The number of hydrogen-bond acceptors (Lipinski definition) is 1. The summed E-state index contributed by atoms with van der Waals surface area (Å²) < 4.78 is 0. The Kier molecular flexibility index (Phi) is 3.98. The fraction of sp³-hybridized carbons (Fsp3) is 0.833. The lowest BCUT2D eigenvalue weighted by atomic mass is 9.69. The highest BCUT2D eigenvalue weighted by molar-refractivity contribution is 5.04. The molecule has 1 aliphatic rings. The van der Waals surface area contributed by atoms with Gasteiger partial charge in [0.05, 0.1) is 6.10 Å². The first kappa shape index (κ1) is 10.8. The second kappa shape index (κ2) is 4.80. The van der Waals surface area contributed by atoms with Gasteiger partial charge in [0, 0.05) is 5.41 Å². The van der Waals surface area contributed by atoms with Crippen molar-refractivity contribution in [2.45, 2.75) is 58.5 Å². The van der Waals surface area contributed by atoms with Gasteiger partial charge >= 0.3 is 0 Å². The van der Waals surface area contributed by atoms with Crippen LogP contribution in [0.15, 0.2) is 12.2 Å². The molecular formula is C12H22O. The van der Waals surface area contributed by atoms with E-state index in [9.17, 15) is 5.11 Å². The summed E-state index contributed by atoms with van der Waals surface area (Å²) in [4.78, 5) is 0. The van der Waals surface area contributed by atoms with Gasteiger partial charge in [-0.05, 0) is 25.7 Å². The van der Waals surface area contributed by atoms with E-state index in [1.807, 2.05) is 6.08 Å². The highest BCUT2D eigenvalue weighted by Gasteiger charge is 2.35. The maximum absolute atomic E-state index is 9.99. The van der Waals surface area contributed by atoms with Gasteiger partial charge < -0.3 is 5.11 Å². The van der Waals surface area contributed by atoms with Crippen LogP contribution in [0, 0.1) is 5.41 Å². The van der Waals surface area contributed by atoms with E-state index in [0.29, 0.717) is 0 Å². The number of rotatable bonds is 4. The number of aliphatic hydroxyl groups is 1. The van der Waals surface area contributed by atoms with Gasteiger partial charge in [-0.2, -0.15) is 0 Å². The van der Waals surface area contributed by atoms with Gasteiger partial charge in [0.15, 0.2) is 0 Å². The Balaban J connectivity index is 2.69. The minimum absolute atomic E-state index is 0.193. The first-order valence-corrected chi connectivity index (χ1v) is 5.60. The van der Waals surface area contributed by atoms with Crippen molar-refractivity contribution in [3.8, 4) is 0 Å². The predicted octanol–water partition coefficient (Wildman–Crippen LogP) is 3.28. The molecule has 76 valence electrons. The van der Waals surface area contributed by atoms with Crippen molar-refractivity contribution in [2.24, 2.45) is 5.41 Å². The third kappa shape index (κ3) is 2.34. The van der Waals surface area contributed by atoms with Crippen molar-refractivity contribution in [2.75, 3.05) is 0 Å². The van der Waals surface area contributed by atoms with Crippen LogP contribution in [0.1, 0.15) is 52.4 Å². The number of aliphatic hydroxyl groups excluding tert-OH is 1. The third-order valence-electron chi connectivity index (χ3n) is 3.25. The van der Waals surface area contributed by atoms with Crippen molar-refractivity contribution in [3.05, 3.63) is 12.2 Å². The maximum Gasteiger partial charge on any atom is 0.0777 e. The molecule has 1 heteroatoms. The molecule has 0 saturated heterocycles. The Morgan fingerprint density at radius 2 is 1.92 bits per heavy atom. The van der Waals surface area contributed by atoms with E-state index in [1.165, 1.54) is 32.1 Å². The molecule has 0 heterocycles. The first-order chi connectivity index (χ1) is 6.25. The molecule has 0 radical (unpaired) electrons. The van der Waals surface area contributed by atoms with Crippen molar-refractivity contribution in [1.82, 2.24) is 0 Å². The summed E-state index contributed by atoms with van der Waals surface area (Å²) in [6, 6.07) is 0. The summed E-state index contributed by atoms with van der Waals surface area (Å²) in [6.07, 6.45) is 11.0. The van der Waals surface area contributed by atoms with Crippen molar-refractivity contribution >= 4 is 0 Å². The van der Waals surface area contributed by atoms with Crippen molar-refractivity contribution < 1.29 is 5.11 Å². The minimum Gasteiger partial charge on any atom is -0.388 e. The molecule has 0 aromatic carbocycles. The maximum atomic E-state index is 9.99. The fourth-order valence-electron chi connectivity index (χ4n) is 2.61. The van der Waals surface area contributed by atoms with Gasteiger partial charge in [-0.1, -0.05) is 38.8 Å². The van der Waals surface area contributed by atoms with Crippen LogP contribution in [0.2, 0.25) is 0 Å². The standard InChI is InChI=1S/C12H22O/c1-3-8-12(9-4-2)10-6-5-7-11(12)13/h5,7,11,13H,3-4,6,8-10H2,1-2H3. The molecule has 0 aliphatic heterocycles. The Bertz CT molecular complexity index is 166. The van der Waals surface area contributed by atoms with E-state index in [4.69, 9.17) is 0 Å². The van der Waals surface area contributed by atoms with E-state index in [1.54, 1.807) is 0 Å². The lowest BCUT2D eigenvalue weighted by Crippen LogP contribution is -2.35. The summed E-state index contributed by atoms with van der Waals surface area (Å²) in [7, 11) is 0. The normalized spacial score (nSPS) is 26.2. The fourth-order valence-corrected chi connectivity index (χ4v) is 2.61. The molecular weight excluding hydrogens is 160 g/mol. The van der Waals surface area contributed by atoms with Gasteiger partial charge in [0.1, 0.15) is 0 Å². The van der Waals surface area contributed by atoms with Crippen LogP contribution >= 0.6 is 0 Å². The molecule has 1 rings (SSSR count). The average Bonchev–Trinajstić information content (AvgIpc) is 2.11. The molecule has 0 aromatic rings. The summed E-state index contributed by atoms with van der Waals surface area (Å²) in [5.41, 5.74) is 0.207. The van der Waals surface area contributed by atoms with Crippen LogP contribution in [0.3, 0.4) is 0 Å². The highest BCUT2D eigenvalue weighted by Crippen LogP contribution is 2.41. The van der Waals surface area contributed by atoms with Gasteiger partial charge in [-0.3, -0.25) is 0 Å².